The number of H-pyrrole nitrogens is 2. The Hall–Kier alpha value is -5.19. The number of carbonyl (C=O) groups excluding carboxylic acids is 4. The second-order valence-corrected chi connectivity index (χ2v) is 11.9. The quantitative estimate of drug-likeness (QED) is 0.147. The van der Waals surface area contributed by atoms with Gasteiger partial charge < -0.3 is 28.9 Å². The number of hydrogen-bond donors (Lipinski definition) is 2. The van der Waals surface area contributed by atoms with Crippen LogP contribution in [0, 0.1) is 13.8 Å². The van der Waals surface area contributed by atoms with Gasteiger partial charge in [-0.2, -0.15) is 0 Å². The fourth-order valence-corrected chi connectivity index (χ4v) is 6.16. The number of ether oxygens (including phenoxy) is 4. The molecule has 11 nitrogen and oxygen atoms in total. The van der Waals surface area contributed by atoms with Crippen molar-refractivity contribution in [3.8, 4) is 0 Å². The van der Waals surface area contributed by atoms with E-state index >= 15 is 0 Å². The third-order valence-corrected chi connectivity index (χ3v) is 8.94. The molecule has 260 valence electrons. The molecule has 0 amide bonds. The summed E-state index contributed by atoms with van der Waals surface area (Å²) >= 11 is 0. The van der Waals surface area contributed by atoms with Gasteiger partial charge in [0.15, 0.2) is 0 Å². The van der Waals surface area contributed by atoms with Crippen LogP contribution < -0.4 is 0 Å². The number of nitrogens with one attached hydrogen (secondary N) is 2. The van der Waals surface area contributed by atoms with Crippen LogP contribution in [0.3, 0.4) is 0 Å². The van der Waals surface area contributed by atoms with Gasteiger partial charge in [0.1, 0.15) is 12.3 Å². The largest absolute Gasteiger partial charge is 0.469 e. The summed E-state index contributed by atoms with van der Waals surface area (Å²) in [5, 5.41) is 0. The van der Waals surface area contributed by atoms with Crippen LogP contribution in [0.4, 0.5) is 0 Å². The van der Waals surface area contributed by atoms with Crippen LogP contribution >= 0.6 is 0 Å². The fraction of sp³-hybridized carbons (Fsp3) is 0.395. The zero-order valence-electron chi connectivity index (χ0n) is 29.3. The van der Waals surface area contributed by atoms with E-state index < -0.39 is 11.9 Å². The van der Waals surface area contributed by atoms with E-state index in [-0.39, 0.29) is 37.8 Å². The minimum atomic E-state index is -0.424. The minimum Gasteiger partial charge on any atom is -0.469 e. The Kier molecular flexibility index (Phi) is 12.5. The number of nitrogens with zero attached hydrogens (tertiary/aromatic N) is 1. The van der Waals surface area contributed by atoms with Crippen LogP contribution in [-0.2, 0) is 65.6 Å². The Bertz CT molecular complexity index is 1810. The zero-order valence-corrected chi connectivity index (χ0v) is 29.3. The summed E-state index contributed by atoms with van der Waals surface area (Å²) in [5.74, 6) is -1.53. The molecular weight excluding hydrogens is 626 g/mol. The van der Waals surface area contributed by atoms with E-state index in [2.05, 4.69) is 9.97 Å². The number of aromatic nitrogens is 2. The molecule has 0 bridgehead atoms. The molecule has 1 aliphatic rings. The summed E-state index contributed by atoms with van der Waals surface area (Å²) in [5.41, 5.74) is 10.3. The molecule has 2 aromatic heterocycles. The number of methoxy groups -OCH3 is 3. The van der Waals surface area contributed by atoms with E-state index in [1.807, 2.05) is 64.1 Å². The standard InChI is InChI=1S/C38H45N3O8/c1-8-26-23(3)37(38(45)49-21-25-12-10-9-11-13-25)41-31(26)19-30-22(2)27(14-16-34(42)46-5)32(40-30)20-33-28(15-17-35(43)47-6)29(24(4)39-33)18-36(44)48-7/h9-13,20,39,41H,8,14-19,21H2,1-7H3/b32-20-. The third-order valence-electron chi connectivity index (χ3n) is 8.94. The Morgan fingerprint density at radius 3 is 2.10 bits per heavy atom. The molecule has 3 heterocycles. The lowest BCUT2D eigenvalue weighted by Gasteiger charge is -2.08. The number of carbonyl (C=O) groups is 4. The molecule has 1 aliphatic heterocycles. The first-order valence-electron chi connectivity index (χ1n) is 16.3. The Morgan fingerprint density at radius 2 is 1.47 bits per heavy atom. The van der Waals surface area contributed by atoms with Gasteiger partial charge in [-0.25, -0.2) is 4.79 Å². The van der Waals surface area contributed by atoms with Gasteiger partial charge >= 0.3 is 23.9 Å². The Morgan fingerprint density at radius 1 is 0.816 bits per heavy atom. The Labute approximate surface area is 286 Å². The average Bonchev–Trinajstić information content (AvgIpc) is 3.69. The smallest absolute Gasteiger partial charge is 0.355 e. The number of hydrogen-bond acceptors (Lipinski definition) is 9. The fourth-order valence-electron chi connectivity index (χ4n) is 6.16. The lowest BCUT2D eigenvalue weighted by molar-refractivity contribution is -0.141. The molecule has 0 fully saturated rings. The molecule has 0 atom stereocenters. The van der Waals surface area contributed by atoms with Gasteiger partial charge in [-0.1, -0.05) is 37.3 Å². The van der Waals surface area contributed by atoms with Gasteiger partial charge in [0.05, 0.1) is 39.2 Å². The molecule has 1 aromatic carbocycles. The van der Waals surface area contributed by atoms with Gasteiger partial charge in [0.2, 0.25) is 0 Å². The molecule has 0 radical (unpaired) electrons. The SMILES string of the molecule is CCc1c(CC2=N/C(=C\c3[nH]c(C)c(CC(=O)OC)c3CCC(=O)OC)C(CCC(=O)OC)=C2C)[nH]c(C(=O)OCc2ccccc2)c1C. The summed E-state index contributed by atoms with van der Waals surface area (Å²) in [6.07, 6.45) is 4.08. The second kappa shape index (κ2) is 16.8. The second-order valence-electron chi connectivity index (χ2n) is 11.9. The number of allylic oxidation sites excluding steroid dienone is 2. The first-order chi connectivity index (χ1) is 23.5. The lowest BCUT2D eigenvalue weighted by atomic mass is 9.96. The van der Waals surface area contributed by atoms with Crippen LogP contribution in [-0.4, -0.2) is 60.9 Å². The summed E-state index contributed by atoms with van der Waals surface area (Å²) in [6, 6.07) is 9.53. The van der Waals surface area contributed by atoms with Crippen molar-refractivity contribution >= 4 is 35.7 Å². The maximum Gasteiger partial charge on any atom is 0.355 e. The monoisotopic (exact) mass is 671 g/mol. The van der Waals surface area contributed by atoms with Crippen LogP contribution in [0.15, 0.2) is 52.2 Å². The van der Waals surface area contributed by atoms with Crippen LogP contribution in [0.2, 0.25) is 0 Å². The zero-order chi connectivity index (χ0) is 35.7. The molecule has 4 rings (SSSR count). The first-order valence-corrected chi connectivity index (χ1v) is 16.3. The molecule has 0 spiro atoms. The van der Waals surface area contributed by atoms with Crippen molar-refractivity contribution in [3.05, 3.63) is 97.8 Å². The van der Waals surface area contributed by atoms with Gasteiger partial charge in [-0.05, 0) is 85.1 Å². The topological polar surface area (TPSA) is 149 Å². The van der Waals surface area contributed by atoms with Crippen molar-refractivity contribution in [2.45, 2.75) is 79.2 Å². The molecule has 2 N–H and O–H groups in total. The lowest BCUT2D eigenvalue weighted by Crippen LogP contribution is -2.08. The van der Waals surface area contributed by atoms with Crippen molar-refractivity contribution in [1.82, 2.24) is 9.97 Å². The summed E-state index contributed by atoms with van der Waals surface area (Å²) in [7, 11) is 4.03. The predicted molar refractivity (Wildman–Crippen MR) is 185 cm³/mol. The van der Waals surface area contributed by atoms with Crippen molar-refractivity contribution < 1.29 is 38.1 Å². The molecule has 0 unspecified atom stereocenters. The number of esters is 4. The molecule has 0 saturated heterocycles. The molecule has 11 heteroatoms. The van der Waals surface area contributed by atoms with Gasteiger partial charge in [0.25, 0.3) is 0 Å². The van der Waals surface area contributed by atoms with E-state index in [9.17, 15) is 19.2 Å². The summed E-state index contributed by atoms with van der Waals surface area (Å²) < 4.78 is 20.4. The maximum atomic E-state index is 13.2. The highest BCUT2D eigenvalue weighted by Crippen LogP contribution is 2.34. The van der Waals surface area contributed by atoms with E-state index in [4.69, 9.17) is 23.9 Å². The van der Waals surface area contributed by atoms with Crippen molar-refractivity contribution in [1.29, 1.82) is 0 Å². The summed E-state index contributed by atoms with van der Waals surface area (Å²) in [4.78, 5) is 61.5. The van der Waals surface area contributed by atoms with Crippen molar-refractivity contribution in [2.24, 2.45) is 4.99 Å². The highest BCUT2D eigenvalue weighted by molar-refractivity contribution is 6.06. The highest BCUT2D eigenvalue weighted by atomic mass is 16.5. The molecular formula is C38H45N3O8. The maximum absolute atomic E-state index is 13.2. The Balaban J connectivity index is 1.72. The van der Waals surface area contributed by atoms with Crippen molar-refractivity contribution in [2.75, 3.05) is 21.3 Å². The molecule has 0 saturated carbocycles. The number of rotatable bonds is 15. The van der Waals surface area contributed by atoms with Gasteiger partial charge in [0, 0.05) is 36.3 Å². The van der Waals surface area contributed by atoms with Crippen molar-refractivity contribution in [3.63, 3.8) is 0 Å². The van der Waals surface area contributed by atoms with Crippen LogP contribution in [0.5, 0.6) is 0 Å². The number of aliphatic imine (C=N–C) groups is 1. The molecule has 49 heavy (non-hydrogen) atoms. The number of aryl methyl sites for hydroxylation is 1. The van der Waals surface area contributed by atoms with Crippen LogP contribution in [0.1, 0.15) is 88.5 Å². The third kappa shape index (κ3) is 8.84. The molecule has 3 aromatic rings. The first kappa shape index (κ1) is 36.6. The number of aromatic amines is 2. The highest BCUT2D eigenvalue weighted by Gasteiger charge is 2.27. The van der Waals surface area contributed by atoms with E-state index in [0.29, 0.717) is 42.8 Å². The molecule has 0 aliphatic carbocycles. The van der Waals surface area contributed by atoms with Crippen LogP contribution in [0.25, 0.3) is 6.08 Å². The number of benzene rings is 1. The summed E-state index contributed by atoms with van der Waals surface area (Å²) in [6.45, 7) is 7.97. The minimum absolute atomic E-state index is 0.0409. The average molecular weight is 672 g/mol. The van der Waals surface area contributed by atoms with Gasteiger partial charge in [-0.15, -0.1) is 0 Å². The van der Waals surface area contributed by atoms with Gasteiger partial charge in [-0.3, -0.25) is 19.4 Å². The van der Waals surface area contributed by atoms with E-state index in [1.165, 1.54) is 21.3 Å². The van der Waals surface area contributed by atoms with E-state index in [0.717, 1.165) is 56.1 Å². The van der Waals surface area contributed by atoms with E-state index in [1.54, 1.807) is 0 Å². The predicted octanol–water partition coefficient (Wildman–Crippen LogP) is 6.01. The normalized spacial score (nSPS) is 13.4.